The minimum absolute atomic E-state index is 0.0123. The van der Waals surface area contributed by atoms with Gasteiger partial charge in [-0.05, 0) is 39.0 Å². The van der Waals surface area contributed by atoms with Gasteiger partial charge in [0.25, 0.3) is 5.91 Å². The molecule has 0 bridgehead atoms. The Morgan fingerprint density at radius 2 is 1.89 bits per heavy atom. The van der Waals surface area contributed by atoms with Gasteiger partial charge in [-0.2, -0.15) is 18.3 Å². The standard InChI is InChI=1S/C15H21N5O.C2HF3O2/c1-10-7-12(3)20(19-10)9-11(2)18-15(21)13-5-6-17-14(8-13)16-4;3-2(4,5)1(6)7/h5-8,11H,9H2,1-4H3,(H,16,17)(H,18,21);(H,6,7). The number of aliphatic carboxylic acids is 1. The fourth-order valence-electron chi connectivity index (χ4n) is 2.18. The lowest BCUT2D eigenvalue weighted by Gasteiger charge is -2.15. The molecule has 1 atom stereocenters. The Morgan fingerprint density at radius 3 is 2.36 bits per heavy atom. The highest BCUT2D eigenvalue weighted by molar-refractivity contribution is 5.94. The van der Waals surface area contributed by atoms with E-state index in [4.69, 9.17) is 9.90 Å². The number of pyridine rings is 1. The van der Waals surface area contributed by atoms with Crippen LogP contribution in [-0.2, 0) is 11.3 Å². The van der Waals surface area contributed by atoms with Crippen molar-refractivity contribution >= 4 is 17.7 Å². The molecule has 0 saturated heterocycles. The molecule has 0 radical (unpaired) electrons. The van der Waals surface area contributed by atoms with Crippen LogP contribution in [0.1, 0.15) is 28.7 Å². The summed E-state index contributed by atoms with van der Waals surface area (Å²) in [6.07, 6.45) is -3.47. The van der Waals surface area contributed by atoms with Crippen molar-refractivity contribution in [1.29, 1.82) is 0 Å². The summed E-state index contributed by atoms with van der Waals surface area (Å²) >= 11 is 0. The van der Waals surface area contributed by atoms with Crippen LogP contribution in [0.5, 0.6) is 0 Å². The van der Waals surface area contributed by atoms with Gasteiger partial charge in [0.1, 0.15) is 5.82 Å². The molecule has 3 N–H and O–H groups in total. The van der Waals surface area contributed by atoms with E-state index in [1.165, 1.54) is 0 Å². The predicted molar refractivity (Wildman–Crippen MR) is 96.1 cm³/mol. The molecule has 0 saturated carbocycles. The minimum atomic E-state index is -5.08. The maximum absolute atomic E-state index is 12.2. The summed E-state index contributed by atoms with van der Waals surface area (Å²) in [5.74, 6) is -2.19. The van der Waals surface area contributed by atoms with Crippen LogP contribution in [0.2, 0.25) is 0 Å². The third-order valence-electron chi connectivity index (χ3n) is 3.45. The second-order valence-electron chi connectivity index (χ2n) is 5.97. The first-order valence-electron chi connectivity index (χ1n) is 8.20. The van der Waals surface area contributed by atoms with Crippen LogP contribution in [0, 0.1) is 13.8 Å². The molecule has 2 heterocycles. The highest BCUT2D eigenvalue weighted by Crippen LogP contribution is 2.13. The van der Waals surface area contributed by atoms with Crippen molar-refractivity contribution in [1.82, 2.24) is 20.1 Å². The van der Waals surface area contributed by atoms with Crippen LogP contribution in [0.3, 0.4) is 0 Å². The summed E-state index contributed by atoms with van der Waals surface area (Å²) in [5, 5.41) is 17.4. The van der Waals surface area contributed by atoms with Crippen LogP contribution >= 0.6 is 0 Å². The third kappa shape index (κ3) is 7.25. The van der Waals surface area contributed by atoms with Gasteiger partial charge in [0.15, 0.2) is 0 Å². The molecule has 11 heteroatoms. The van der Waals surface area contributed by atoms with Crippen LogP contribution < -0.4 is 10.6 Å². The molecule has 0 aromatic carbocycles. The Hall–Kier alpha value is -3.11. The molecular weight excluding hydrogens is 379 g/mol. The number of carboxylic acid groups (broad SMARTS) is 1. The average Bonchev–Trinajstić information content (AvgIpc) is 2.91. The van der Waals surface area contributed by atoms with Crippen molar-refractivity contribution in [2.24, 2.45) is 0 Å². The monoisotopic (exact) mass is 401 g/mol. The van der Waals surface area contributed by atoms with E-state index in [2.05, 4.69) is 20.7 Å². The fourth-order valence-corrected chi connectivity index (χ4v) is 2.18. The summed E-state index contributed by atoms with van der Waals surface area (Å²) in [5.41, 5.74) is 2.67. The maximum Gasteiger partial charge on any atom is 0.490 e. The van der Waals surface area contributed by atoms with E-state index < -0.39 is 12.1 Å². The summed E-state index contributed by atoms with van der Waals surface area (Å²) in [6, 6.07) is 5.44. The lowest BCUT2D eigenvalue weighted by molar-refractivity contribution is -0.192. The van der Waals surface area contributed by atoms with Crippen molar-refractivity contribution < 1.29 is 27.9 Å². The van der Waals surface area contributed by atoms with E-state index in [0.717, 1.165) is 11.4 Å². The number of aryl methyl sites for hydroxylation is 2. The number of alkyl halides is 3. The van der Waals surface area contributed by atoms with Gasteiger partial charge in [0.2, 0.25) is 0 Å². The highest BCUT2D eigenvalue weighted by Gasteiger charge is 2.38. The molecule has 0 fully saturated rings. The summed E-state index contributed by atoms with van der Waals surface area (Å²) in [6.45, 7) is 6.59. The number of carboxylic acids is 1. The molecule has 0 aliphatic rings. The number of nitrogens with one attached hydrogen (secondary N) is 2. The predicted octanol–water partition coefficient (Wildman–Crippen LogP) is 2.39. The Balaban J connectivity index is 0.000000480. The number of amides is 1. The first-order chi connectivity index (χ1) is 12.9. The van der Waals surface area contributed by atoms with Crippen molar-refractivity contribution in [2.45, 2.75) is 39.5 Å². The normalized spacial score (nSPS) is 11.8. The largest absolute Gasteiger partial charge is 0.490 e. The first kappa shape index (κ1) is 22.9. The number of carbonyl (C=O) groups excluding carboxylic acids is 1. The van der Waals surface area contributed by atoms with Crippen LogP contribution in [-0.4, -0.2) is 51.0 Å². The number of nitrogens with zero attached hydrogens (tertiary/aromatic N) is 3. The van der Waals surface area contributed by atoms with E-state index in [1.54, 1.807) is 25.4 Å². The first-order valence-corrected chi connectivity index (χ1v) is 8.20. The molecule has 0 spiro atoms. The number of hydrogen-bond donors (Lipinski definition) is 3. The Morgan fingerprint density at radius 1 is 1.29 bits per heavy atom. The number of anilines is 1. The minimum Gasteiger partial charge on any atom is -0.475 e. The number of hydrogen-bond acceptors (Lipinski definition) is 5. The second kappa shape index (κ2) is 9.72. The van der Waals surface area contributed by atoms with E-state index >= 15 is 0 Å². The van der Waals surface area contributed by atoms with Crippen molar-refractivity contribution in [3.05, 3.63) is 41.3 Å². The van der Waals surface area contributed by atoms with Gasteiger partial charge in [-0.1, -0.05) is 0 Å². The van der Waals surface area contributed by atoms with E-state index in [0.29, 0.717) is 17.9 Å². The smallest absolute Gasteiger partial charge is 0.475 e. The zero-order chi connectivity index (χ0) is 21.5. The van der Waals surface area contributed by atoms with Crippen LogP contribution in [0.25, 0.3) is 0 Å². The SMILES string of the molecule is CNc1cc(C(=O)NC(C)Cn2nc(C)cc2C)ccn1.O=C(O)C(F)(F)F. The molecule has 28 heavy (non-hydrogen) atoms. The molecule has 8 nitrogen and oxygen atoms in total. The molecule has 0 aliphatic carbocycles. The zero-order valence-electron chi connectivity index (χ0n) is 15.8. The lowest BCUT2D eigenvalue weighted by Crippen LogP contribution is -2.36. The number of rotatable bonds is 5. The van der Waals surface area contributed by atoms with Gasteiger partial charge in [-0.25, -0.2) is 9.78 Å². The molecule has 0 aliphatic heterocycles. The molecule has 2 aromatic heterocycles. The highest BCUT2D eigenvalue weighted by atomic mass is 19.4. The molecule has 154 valence electrons. The van der Waals surface area contributed by atoms with Gasteiger partial charge in [0, 0.05) is 30.5 Å². The molecule has 1 amide bonds. The van der Waals surface area contributed by atoms with Gasteiger partial charge in [0.05, 0.1) is 12.2 Å². The zero-order valence-corrected chi connectivity index (χ0v) is 15.8. The number of halogens is 3. The summed E-state index contributed by atoms with van der Waals surface area (Å²) < 4.78 is 33.6. The van der Waals surface area contributed by atoms with Gasteiger partial charge >= 0.3 is 12.1 Å². The second-order valence-corrected chi connectivity index (χ2v) is 5.97. The van der Waals surface area contributed by atoms with E-state index in [1.807, 2.05) is 31.5 Å². The quantitative estimate of drug-likeness (QED) is 0.710. The molecule has 2 aromatic rings. The van der Waals surface area contributed by atoms with Crippen LogP contribution in [0.15, 0.2) is 24.4 Å². The van der Waals surface area contributed by atoms with Crippen molar-refractivity contribution in [3.63, 3.8) is 0 Å². The average molecular weight is 401 g/mol. The van der Waals surface area contributed by atoms with Gasteiger partial charge < -0.3 is 15.7 Å². The lowest BCUT2D eigenvalue weighted by atomic mass is 10.2. The maximum atomic E-state index is 12.2. The molecule has 2 rings (SSSR count). The van der Waals surface area contributed by atoms with Gasteiger partial charge in [-0.3, -0.25) is 9.48 Å². The third-order valence-corrected chi connectivity index (χ3v) is 3.45. The van der Waals surface area contributed by atoms with Crippen molar-refractivity contribution in [3.8, 4) is 0 Å². The Kier molecular flexibility index (Phi) is 7.96. The van der Waals surface area contributed by atoms with E-state index in [9.17, 15) is 18.0 Å². The Bertz CT molecular complexity index is 821. The summed E-state index contributed by atoms with van der Waals surface area (Å²) in [4.78, 5) is 25.2. The number of carbonyl (C=O) groups is 2. The molecule has 1 unspecified atom stereocenters. The number of aromatic nitrogens is 3. The topological polar surface area (TPSA) is 109 Å². The van der Waals surface area contributed by atoms with E-state index in [-0.39, 0.29) is 11.9 Å². The van der Waals surface area contributed by atoms with Crippen LogP contribution in [0.4, 0.5) is 19.0 Å². The molecular formula is C17H22F3N5O3. The Labute approximate surface area is 159 Å². The fraction of sp³-hybridized carbons (Fsp3) is 0.412. The van der Waals surface area contributed by atoms with Crippen molar-refractivity contribution in [2.75, 3.05) is 12.4 Å². The summed E-state index contributed by atoms with van der Waals surface area (Å²) in [7, 11) is 1.77. The van der Waals surface area contributed by atoms with Gasteiger partial charge in [-0.15, -0.1) is 0 Å².